The van der Waals surface area contributed by atoms with E-state index in [1.165, 1.54) is 30.5 Å². The molecule has 2 aromatic rings. The highest BCUT2D eigenvalue weighted by Gasteiger charge is 2.51. The van der Waals surface area contributed by atoms with Crippen molar-refractivity contribution in [3.63, 3.8) is 0 Å². The number of hydrogen-bond acceptors (Lipinski definition) is 2. The number of aliphatic hydroxyl groups is 1. The summed E-state index contributed by atoms with van der Waals surface area (Å²) >= 11 is 0. The Kier molecular flexibility index (Phi) is 7.91. The van der Waals surface area contributed by atoms with Crippen LogP contribution in [0.3, 0.4) is 0 Å². The fraction of sp³-hybridized carbons (Fsp3) is 0.484. The number of aliphatic hydroxyl groups excluding tert-OH is 1. The van der Waals surface area contributed by atoms with Gasteiger partial charge in [0.15, 0.2) is 0 Å². The normalized spacial score (nSPS) is 29.9. The molecule has 180 valence electrons. The Morgan fingerprint density at radius 3 is 2.76 bits per heavy atom. The highest BCUT2D eigenvalue weighted by atomic mass is 19.1. The minimum atomic E-state index is -0.264. The number of nitrogens with one attached hydrogen (secondary N) is 1. The second-order valence-corrected chi connectivity index (χ2v) is 10.4. The molecule has 2 nitrogen and oxygen atoms in total. The van der Waals surface area contributed by atoms with Crippen molar-refractivity contribution in [1.82, 2.24) is 5.32 Å². The molecule has 2 aromatic carbocycles. The topological polar surface area (TPSA) is 32.3 Å². The zero-order valence-corrected chi connectivity index (χ0v) is 20.8. The Morgan fingerprint density at radius 1 is 1.15 bits per heavy atom. The van der Waals surface area contributed by atoms with E-state index >= 15 is 0 Å². The van der Waals surface area contributed by atoms with Gasteiger partial charge in [0, 0.05) is 17.2 Å². The fourth-order valence-corrected chi connectivity index (χ4v) is 6.20. The summed E-state index contributed by atoms with van der Waals surface area (Å²) in [7, 11) is 0. The van der Waals surface area contributed by atoms with Crippen LogP contribution in [0, 0.1) is 34.9 Å². The molecule has 0 heterocycles. The molecule has 2 aliphatic rings. The molecule has 2 N–H and O–H groups in total. The van der Waals surface area contributed by atoms with Gasteiger partial charge in [-0.1, -0.05) is 74.9 Å². The van der Waals surface area contributed by atoms with Crippen molar-refractivity contribution < 1.29 is 9.50 Å². The highest BCUT2D eigenvalue weighted by Crippen LogP contribution is 2.54. The summed E-state index contributed by atoms with van der Waals surface area (Å²) in [5, 5.41) is 14.5. The monoisotopic (exact) mass is 459 g/mol. The van der Waals surface area contributed by atoms with Crippen LogP contribution in [-0.2, 0) is 0 Å². The van der Waals surface area contributed by atoms with E-state index in [-0.39, 0.29) is 17.3 Å². The number of halogens is 1. The molecule has 0 saturated heterocycles. The number of fused-ring (bicyclic) bond motifs is 1. The Balaban J connectivity index is 1.68. The summed E-state index contributed by atoms with van der Waals surface area (Å²) in [5.41, 5.74) is 4.35. The van der Waals surface area contributed by atoms with Crippen LogP contribution in [-0.4, -0.2) is 23.8 Å². The Bertz CT molecular complexity index is 1080. The van der Waals surface area contributed by atoms with Gasteiger partial charge >= 0.3 is 0 Å². The molecular weight excluding hydrogens is 421 g/mol. The minimum absolute atomic E-state index is 0.138. The van der Waals surface area contributed by atoms with E-state index in [4.69, 9.17) is 0 Å². The summed E-state index contributed by atoms with van der Waals surface area (Å²) in [6.07, 6.45) is 8.57. The van der Waals surface area contributed by atoms with Crippen LogP contribution in [0.4, 0.5) is 4.39 Å². The molecule has 34 heavy (non-hydrogen) atoms. The molecule has 3 heteroatoms. The van der Waals surface area contributed by atoms with Gasteiger partial charge < -0.3 is 10.4 Å². The largest absolute Gasteiger partial charge is 0.393 e. The smallest absolute Gasteiger partial charge is 0.124 e. The van der Waals surface area contributed by atoms with Crippen molar-refractivity contribution >= 4 is 6.08 Å². The predicted octanol–water partition coefficient (Wildman–Crippen LogP) is 6.57. The average molecular weight is 460 g/mol. The number of unbranched alkanes of at least 4 members (excludes halogenated alkanes) is 1. The third-order valence-electron chi connectivity index (χ3n) is 8.19. The lowest BCUT2D eigenvalue weighted by atomic mass is 9.53. The van der Waals surface area contributed by atoms with Crippen LogP contribution in [0.5, 0.6) is 0 Å². The molecule has 2 saturated carbocycles. The van der Waals surface area contributed by atoms with Gasteiger partial charge in [0.2, 0.25) is 0 Å². The minimum Gasteiger partial charge on any atom is -0.393 e. The third-order valence-corrected chi connectivity index (χ3v) is 8.19. The molecule has 2 aliphatic carbocycles. The molecule has 4 rings (SSSR count). The summed E-state index contributed by atoms with van der Waals surface area (Å²) < 4.78 is 13.6. The van der Waals surface area contributed by atoms with Crippen LogP contribution in [0.15, 0.2) is 54.1 Å². The zero-order chi connectivity index (χ0) is 24.1. The lowest BCUT2D eigenvalue weighted by molar-refractivity contribution is -0.0587. The molecule has 0 amide bonds. The Morgan fingerprint density at radius 2 is 1.97 bits per heavy atom. The van der Waals surface area contributed by atoms with E-state index in [1.54, 1.807) is 6.07 Å². The van der Waals surface area contributed by atoms with Crippen LogP contribution in [0.25, 0.3) is 6.08 Å². The number of rotatable bonds is 5. The van der Waals surface area contributed by atoms with Crippen molar-refractivity contribution in [3.05, 3.63) is 76.6 Å². The molecule has 0 bridgehead atoms. The molecule has 0 radical (unpaired) electrons. The summed E-state index contributed by atoms with van der Waals surface area (Å²) in [4.78, 5) is 0. The van der Waals surface area contributed by atoms with Crippen molar-refractivity contribution in [2.45, 2.75) is 71.4 Å². The van der Waals surface area contributed by atoms with Gasteiger partial charge in [-0.2, -0.15) is 0 Å². The van der Waals surface area contributed by atoms with Crippen LogP contribution < -0.4 is 5.32 Å². The lowest BCUT2D eigenvalue weighted by Crippen LogP contribution is -2.57. The van der Waals surface area contributed by atoms with Crippen molar-refractivity contribution in [2.24, 2.45) is 17.3 Å². The maximum Gasteiger partial charge on any atom is 0.124 e. The van der Waals surface area contributed by atoms with Gasteiger partial charge in [0.25, 0.3) is 0 Å². The summed E-state index contributed by atoms with van der Waals surface area (Å²) in [6.45, 7) is 7.92. The van der Waals surface area contributed by atoms with E-state index in [0.29, 0.717) is 23.4 Å². The van der Waals surface area contributed by atoms with Gasteiger partial charge in [-0.25, -0.2) is 4.39 Å². The van der Waals surface area contributed by atoms with E-state index in [0.717, 1.165) is 43.4 Å². The standard InChI is InChI=1S/C31H38FNO/c1-4-5-19-33-30-26(15-16-28-22(2)29(34)17-18-31(28,30)3)21-25-11-7-6-10-24(25)14-13-23-9-8-12-27(32)20-23/h6-12,20-22,28-30,33-34H,4-5,15-19H2,1-3H3/t22?,28?,29?,30?,31-/m0/s1. The first-order valence-electron chi connectivity index (χ1n) is 12.9. The molecule has 0 aliphatic heterocycles. The molecular formula is C31H38FNO. The van der Waals surface area contributed by atoms with E-state index in [2.05, 4.69) is 56.1 Å². The second kappa shape index (κ2) is 10.9. The van der Waals surface area contributed by atoms with Gasteiger partial charge in [0.1, 0.15) is 5.82 Å². The van der Waals surface area contributed by atoms with Crippen LogP contribution in [0.2, 0.25) is 0 Å². The first kappa shape index (κ1) is 24.7. The van der Waals surface area contributed by atoms with Crippen molar-refractivity contribution in [3.8, 4) is 11.8 Å². The van der Waals surface area contributed by atoms with E-state index in [1.807, 2.05) is 18.2 Å². The second-order valence-electron chi connectivity index (χ2n) is 10.4. The van der Waals surface area contributed by atoms with E-state index in [9.17, 15) is 9.50 Å². The van der Waals surface area contributed by atoms with Gasteiger partial charge in [-0.05, 0) is 85.7 Å². The first-order valence-corrected chi connectivity index (χ1v) is 12.9. The van der Waals surface area contributed by atoms with Crippen LogP contribution in [0.1, 0.15) is 76.0 Å². The number of hydrogen-bond donors (Lipinski definition) is 2. The Labute approximate surface area is 204 Å². The quantitative estimate of drug-likeness (QED) is 0.391. The molecule has 0 spiro atoms. The zero-order valence-electron chi connectivity index (χ0n) is 20.8. The summed E-state index contributed by atoms with van der Waals surface area (Å²) in [6, 6.07) is 15.0. The van der Waals surface area contributed by atoms with Gasteiger partial charge in [-0.3, -0.25) is 0 Å². The SMILES string of the molecule is CCCCNC1C(=Cc2ccccc2C#Cc2cccc(F)c2)CCC2C(C)C(O)CC[C@]12C. The number of benzene rings is 2. The molecule has 0 aromatic heterocycles. The maximum atomic E-state index is 13.6. The first-order chi connectivity index (χ1) is 16.4. The summed E-state index contributed by atoms with van der Waals surface area (Å²) in [5.74, 6) is 7.00. The maximum absolute atomic E-state index is 13.6. The lowest BCUT2D eigenvalue weighted by Gasteiger charge is -2.55. The van der Waals surface area contributed by atoms with Gasteiger partial charge in [0.05, 0.1) is 6.10 Å². The molecule has 4 unspecified atom stereocenters. The average Bonchev–Trinajstić information content (AvgIpc) is 2.83. The van der Waals surface area contributed by atoms with Crippen LogP contribution >= 0.6 is 0 Å². The molecule has 2 fully saturated rings. The predicted molar refractivity (Wildman–Crippen MR) is 139 cm³/mol. The van der Waals surface area contributed by atoms with Crippen molar-refractivity contribution in [2.75, 3.05) is 6.54 Å². The molecule has 5 atom stereocenters. The van der Waals surface area contributed by atoms with E-state index < -0.39 is 0 Å². The van der Waals surface area contributed by atoms with Crippen molar-refractivity contribution in [1.29, 1.82) is 0 Å². The fourth-order valence-electron chi connectivity index (χ4n) is 6.20. The Hall–Kier alpha value is -2.41. The third kappa shape index (κ3) is 5.29. The van der Waals surface area contributed by atoms with Gasteiger partial charge in [-0.15, -0.1) is 0 Å². The highest BCUT2D eigenvalue weighted by molar-refractivity contribution is 5.63.